The Kier molecular flexibility index (Phi) is 6.09. The summed E-state index contributed by atoms with van der Waals surface area (Å²) in [6, 6.07) is 71.5. The third-order valence-corrected chi connectivity index (χ3v) is 11.6. The van der Waals surface area contributed by atoms with Gasteiger partial charge in [-0.15, -0.1) is 0 Å². The Labute approximate surface area is 311 Å². The van der Waals surface area contributed by atoms with E-state index in [1.165, 1.54) is 98.2 Å². The molecule has 0 radical (unpaired) electrons. The zero-order valence-corrected chi connectivity index (χ0v) is 29.4. The minimum atomic E-state index is 1.16. The first-order valence-electron chi connectivity index (χ1n) is 18.7. The number of para-hydroxylation sites is 2. The average molecular weight is 685 g/mol. The van der Waals surface area contributed by atoms with Crippen molar-refractivity contribution in [1.82, 2.24) is 9.13 Å². The topological polar surface area (TPSA) is 9.86 Å². The summed E-state index contributed by atoms with van der Waals surface area (Å²) in [5.74, 6) is 0. The van der Waals surface area contributed by atoms with Crippen molar-refractivity contribution in [3.05, 3.63) is 194 Å². The molecule has 0 aliphatic heterocycles. The van der Waals surface area contributed by atoms with Crippen LogP contribution in [0.1, 0.15) is 0 Å². The van der Waals surface area contributed by atoms with E-state index in [0.29, 0.717) is 0 Å². The molecule has 2 heterocycles. The fourth-order valence-electron chi connectivity index (χ4n) is 9.26. The molecule has 0 unspecified atom stereocenters. The molecule has 0 saturated heterocycles. The minimum Gasteiger partial charge on any atom is -0.309 e. The molecule has 54 heavy (non-hydrogen) atoms. The molecular weight excluding hydrogens is 653 g/mol. The number of benzene rings is 10. The summed E-state index contributed by atoms with van der Waals surface area (Å²) in [5, 5.41) is 15.2. The van der Waals surface area contributed by atoms with Crippen LogP contribution in [-0.4, -0.2) is 9.13 Å². The third kappa shape index (κ3) is 4.11. The second-order valence-electron chi connectivity index (χ2n) is 14.5. The highest BCUT2D eigenvalue weighted by Crippen LogP contribution is 2.49. The maximum atomic E-state index is 2.50. The van der Waals surface area contributed by atoms with Crippen LogP contribution in [0.2, 0.25) is 0 Å². The Bertz CT molecular complexity index is 3190. The summed E-state index contributed by atoms with van der Waals surface area (Å²) >= 11 is 0. The lowest BCUT2D eigenvalue weighted by Gasteiger charge is -2.18. The molecule has 0 aliphatic rings. The summed E-state index contributed by atoms with van der Waals surface area (Å²) in [5.41, 5.74) is 9.59. The van der Waals surface area contributed by atoms with Gasteiger partial charge < -0.3 is 9.13 Å². The normalized spacial score (nSPS) is 12.1. The molecule has 2 nitrogen and oxygen atoms in total. The summed E-state index contributed by atoms with van der Waals surface area (Å²) < 4.78 is 4.99. The largest absolute Gasteiger partial charge is 0.309 e. The predicted molar refractivity (Wildman–Crippen MR) is 230 cm³/mol. The van der Waals surface area contributed by atoms with Gasteiger partial charge in [-0.3, -0.25) is 0 Å². The number of nitrogens with zero attached hydrogens (tertiary/aromatic N) is 2. The second-order valence-corrected chi connectivity index (χ2v) is 14.5. The van der Waals surface area contributed by atoms with Gasteiger partial charge in [0.15, 0.2) is 0 Å². The standard InChI is InChI=1S/C52H32N2/c1-3-17-39(18-4-1)53-47(37-27-25-33-13-7-9-15-35(33)29-37)31-45-41-21-12-24-44-50(41)49-42(22-11-23-43(49)51(45)53)46-32-48(54(52(44)46)40-19-5-2-6-20-40)38-28-26-34-14-8-10-16-36(34)30-38/h1-32H. The monoisotopic (exact) mass is 684 g/mol. The molecule has 0 bridgehead atoms. The lowest BCUT2D eigenvalue weighted by atomic mass is 9.89. The van der Waals surface area contributed by atoms with Crippen LogP contribution in [-0.2, 0) is 0 Å². The van der Waals surface area contributed by atoms with E-state index < -0.39 is 0 Å². The predicted octanol–water partition coefficient (Wildman–Crippen LogP) is 14.1. The van der Waals surface area contributed by atoms with Crippen LogP contribution in [0, 0.1) is 0 Å². The molecular formula is C52H32N2. The summed E-state index contributed by atoms with van der Waals surface area (Å²) in [6.07, 6.45) is 0. The van der Waals surface area contributed by atoms with Crippen molar-refractivity contribution in [3.8, 4) is 33.9 Å². The van der Waals surface area contributed by atoms with Gasteiger partial charge in [-0.2, -0.15) is 0 Å². The first-order chi connectivity index (χ1) is 26.8. The number of hydrogen-bond acceptors (Lipinski definition) is 0. The van der Waals surface area contributed by atoms with E-state index in [9.17, 15) is 0 Å². The summed E-state index contributed by atoms with van der Waals surface area (Å²) in [4.78, 5) is 0. The zero-order chi connectivity index (χ0) is 35.3. The van der Waals surface area contributed by atoms with Gasteiger partial charge in [0.05, 0.1) is 22.4 Å². The van der Waals surface area contributed by atoms with Gasteiger partial charge in [0.25, 0.3) is 0 Å². The van der Waals surface area contributed by atoms with E-state index in [1.807, 2.05) is 0 Å². The van der Waals surface area contributed by atoms with Crippen LogP contribution in [0.3, 0.4) is 0 Å². The van der Waals surface area contributed by atoms with Gasteiger partial charge in [0.2, 0.25) is 0 Å². The minimum absolute atomic E-state index is 1.16. The van der Waals surface area contributed by atoms with Crippen LogP contribution in [0.15, 0.2) is 194 Å². The van der Waals surface area contributed by atoms with E-state index in [-0.39, 0.29) is 0 Å². The third-order valence-electron chi connectivity index (χ3n) is 11.6. The van der Waals surface area contributed by atoms with Crippen molar-refractivity contribution in [3.63, 3.8) is 0 Å². The van der Waals surface area contributed by atoms with Gasteiger partial charge >= 0.3 is 0 Å². The van der Waals surface area contributed by atoms with Crippen molar-refractivity contribution >= 4 is 75.7 Å². The van der Waals surface area contributed by atoms with Gasteiger partial charge in [-0.1, -0.05) is 146 Å². The average Bonchev–Trinajstić information content (AvgIpc) is 3.85. The van der Waals surface area contributed by atoms with Crippen LogP contribution in [0.5, 0.6) is 0 Å². The van der Waals surface area contributed by atoms with Gasteiger partial charge in [0.1, 0.15) is 0 Å². The SMILES string of the molecule is c1ccc(-n2c(-c3ccc4ccccc4c3)cc3c4cccc5c4c4c(cccc4c32)c2cc(-c3ccc4ccccc4c3)n(-c3ccccc3)c25)cc1. The van der Waals surface area contributed by atoms with Crippen molar-refractivity contribution in [2.24, 2.45) is 0 Å². The first-order valence-corrected chi connectivity index (χ1v) is 18.7. The van der Waals surface area contributed by atoms with Gasteiger partial charge in [-0.05, 0) is 92.0 Å². The maximum Gasteiger partial charge on any atom is 0.0620 e. The molecule has 12 rings (SSSR count). The van der Waals surface area contributed by atoms with Gasteiger partial charge in [0, 0.05) is 43.7 Å². The molecule has 2 aromatic heterocycles. The Balaban J connectivity index is 1.26. The van der Waals surface area contributed by atoms with Crippen molar-refractivity contribution in [2.45, 2.75) is 0 Å². The molecule has 250 valence electrons. The highest BCUT2D eigenvalue weighted by Gasteiger charge is 2.25. The number of fused-ring (bicyclic) bond motifs is 8. The van der Waals surface area contributed by atoms with Crippen LogP contribution in [0.25, 0.3) is 110 Å². The highest BCUT2D eigenvalue weighted by atomic mass is 15.0. The van der Waals surface area contributed by atoms with E-state index in [4.69, 9.17) is 0 Å². The van der Waals surface area contributed by atoms with E-state index >= 15 is 0 Å². The maximum absolute atomic E-state index is 2.50. The molecule has 0 spiro atoms. The molecule has 10 aromatic carbocycles. The lowest BCUT2D eigenvalue weighted by molar-refractivity contribution is 1.14. The molecule has 0 amide bonds. The number of rotatable bonds is 4. The summed E-state index contributed by atoms with van der Waals surface area (Å²) in [6.45, 7) is 0. The zero-order valence-electron chi connectivity index (χ0n) is 29.4. The molecule has 0 N–H and O–H groups in total. The Morgan fingerprint density at radius 1 is 0.259 bits per heavy atom. The summed E-state index contributed by atoms with van der Waals surface area (Å²) in [7, 11) is 0. The fourth-order valence-corrected chi connectivity index (χ4v) is 9.26. The second kappa shape index (κ2) is 11.2. The quantitative estimate of drug-likeness (QED) is 0.163. The van der Waals surface area contributed by atoms with Crippen molar-refractivity contribution in [2.75, 3.05) is 0 Å². The molecule has 0 saturated carbocycles. The Hall–Kier alpha value is -7.16. The molecule has 2 heteroatoms. The highest BCUT2D eigenvalue weighted by molar-refractivity contribution is 6.40. The van der Waals surface area contributed by atoms with Crippen LogP contribution in [0.4, 0.5) is 0 Å². The van der Waals surface area contributed by atoms with Crippen LogP contribution >= 0.6 is 0 Å². The van der Waals surface area contributed by atoms with E-state index in [1.54, 1.807) is 0 Å². The molecule has 0 fully saturated rings. The first kappa shape index (κ1) is 29.4. The van der Waals surface area contributed by atoms with Crippen molar-refractivity contribution in [1.29, 1.82) is 0 Å². The van der Waals surface area contributed by atoms with Crippen molar-refractivity contribution < 1.29 is 0 Å². The Morgan fingerprint density at radius 3 is 1.09 bits per heavy atom. The Morgan fingerprint density at radius 2 is 0.648 bits per heavy atom. The molecule has 0 atom stereocenters. The number of aromatic nitrogens is 2. The number of hydrogen-bond donors (Lipinski definition) is 0. The van der Waals surface area contributed by atoms with Gasteiger partial charge in [-0.25, -0.2) is 0 Å². The van der Waals surface area contributed by atoms with Crippen LogP contribution < -0.4 is 0 Å². The fraction of sp³-hybridized carbons (Fsp3) is 0. The lowest BCUT2D eigenvalue weighted by Crippen LogP contribution is -1.99. The smallest absolute Gasteiger partial charge is 0.0620 e. The van der Waals surface area contributed by atoms with E-state index in [0.717, 1.165) is 11.4 Å². The molecule has 12 aromatic rings. The molecule has 0 aliphatic carbocycles. The van der Waals surface area contributed by atoms with E-state index in [2.05, 4.69) is 203 Å².